The quantitative estimate of drug-likeness (QED) is 0.457. The molecule has 5 nitrogen and oxygen atoms in total. The fraction of sp³-hybridized carbons (Fsp3) is 0.652. The van der Waals surface area contributed by atoms with E-state index in [2.05, 4.69) is 38.2 Å². The molecule has 0 aromatic carbocycles. The Bertz CT molecular complexity index is 728. The van der Waals surface area contributed by atoms with Crippen LogP contribution in [0.2, 0.25) is 0 Å². The highest BCUT2D eigenvalue weighted by atomic mass is 32.1. The Hall–Kier alpha value is -1.66. The molecule has 6 heteroatoms. The van der Waals surface area contributed by atoms with Crippen molar-refractivity contribution in [2.24, 2.45) is 5.92 Å². The maximum atomic E-state index is 12.6. The zero-order valence-electron chi connectivity index (χ0n) is 18.1. The summed E-state index contributed by atoms with van der Waals surface area (Å²) in [6, 6.07) is -0.0222. The third kappa shape index (κ3) is 5.70. The van der Waals surface area contributed by atoms with Gasteiger partial charge in [0.25, 0.3) is 0 Å². The Morgan fingerprint density at radius 3 is 2.55 bits per heavy atom. The minimum atomic E-state index is -0.0222. The molecule has 2 amide bonds. The van der Waals surface area contributed by atoms with Gasteiger partial charge in [-0.15, -0.1) is 11.3 Å². The number of ether oxygens (including phenoxy) is 1. The van der Waals surface area contributed by atoms with Gasteiger partial charge < -0.3 is 9.64 Å². The number of rotatable bonds is 9. The number of aromatic nitrogens is 1. The van der Waals surface area contributed by atoms with Gasteiger partial charge in [-0.25, -0.2) is 14.7 Å². The SMILES string of the molecule is CC/C=C/CCC1Cc2nc(N3COCN(C)C3=O)sc2C(CC/C=C/CC)C1. The van der Waals surface area contributed by atoms with Crippen molar-refractivity contribution in [1.82, 2.24) is 9.88 Å². The van der Waals surface area contributed by atoms with Crippen molar-refractivity contribution in [2.45, 2.75) is 71.1 Å². The minimum absolute atomic E-state index is 0.0222. The molecule has 2 heterocycles. The van der Waals surface area contributed by atoms with E-state index in [1.54, 1.807) is 28.2 Å². The molecule has 1 aliphatic carbocycles. The zero-order chi connectivity index (χ0) is 20.6. The van der Waals surface area contributed by atoms with Gasteiger partial charge in [0.05, 0.1) is 5.69 Å². The number of amides is 2. The number of fused-ring (bicyclic) bond motifs is 1. The number of carbonyl (C=O) groups excluding carboxylic acids is 1. The van der Waals surface area contributed by atoms with Crippen molar-refractivity contribution in [2.75, 3.05) is 25.4 Å². The summed E-state index contributed by atoms with van der Waals surface area (Å²) in [6.07, 6.45) is 18.3. The first-order valence-corrected chi connectivity index (χ1v) is 11.9. The summed E-state index contributed by atoms with van der Waals surface area (Å²) in [5, 5.41) is 0.798. The first kappa shape index (κ1) is 22.0. The molecule has 2 atom stereocenters. The Morgan fingerprint density at radius 1 is 1.10 bits per heavy atom. The largest absolute Gasteiger partial charge is 0.340 e. The molecule has 3 rings (SSSR count). The maximum Gasteiger partial charge on any atom is 0.329 e. The minimum Gasteiger partial charge on any atom is -0.340 e. The van der Waals surface area contributed by atoms with E-state index >= 15 is 0 Å². The number of allylic oxidation sites excluding steroid dienone is 4. The van der Waals surface area contributed by atoms with Crippen molar-refractivity contribution in [3.63, 3.8) is 0 Å². The predicted molar refractivity (Wildman–Crippen MR) is 120 cm³/mol. The van der Waals surface area contributed by atoms with Gasteiger partial charge in [0.2, 0.25) is 0 Å². The number of anilines is 1. The molecular formula is C23H35N3O2S. The van der Waals surface area contributed by atoms with Crippen molar-refractivity contribution < 1.29 is 9.53 Å². The molecule has 0 saturated carbocycles. The normalized spacial score (nSPS) is 22.8. The van der Waals surface area contributed by atoms with E-state index in [1.807, 2.05) is 0 Å². The molecule has 2 aliphatic rings. The van der Waals surface area contributed by atoms with Gasteiger partial charge in [0.15, 0.2) is 5.13 Å². The molecule has 0 radical (unpaired) electrons. The van der Waals surface area contributed by atoms with Crippen LogP contribution < -0.4 is 4.90 Å². The Balaban J connectivity index is 1.76. The lowest BCUT2D eigenvalue weighted by molar-refractivity contribution is 0.0361. The van der Waals surface area contributed by atoms with E-state index < -0.39 is 0 Å². The number of thiazole rings is 1. The van der Waals surface area contributed by atoms with Gasteiger partial charge in [0, 0.05) is 11.9 Å². The average Bonchev–Trinajstić information content (AvgIpc) is 3.14. The highest BCUT2D eigenvalue weighted by molar-refractivity contribution is 7.16. The molecular weight excluding hydrogens is 382 g/mol. The number of nitrogens with zero attached hydrogens (tertiary/aromatic N) is 3. The summed E-state index contributed by atoms with van der Waals surface area (Å²) in [5.74, 6) is 1.22. The number of urea groups is 1. The van der Waals surface area contributed by atoms with E-state index in [9.17, 15) is 4.79 Å². The third-order valence-corrected chi connectivity index (χ3v) is 6.99. The van der Waals surface area contributed by atoms with Crippen LogP contribution in [0.15, 0.2) is 24.3 Å². The molecule has 1 fully saturated rings. The van der Waals surface area contributed by atoms with Crippen LogP contribution >= 0.6 is 11.3 Å². The molecule has 1 aliphatic heterocycles. The second-order valence-electron chi connectivity index (χ2n) is 8.10. The maximum absolute atomic E-state index is 12.6. The lowest BCUT2D eigenvalue weighted by atomic mass is 9.79. The summed E-state index contributed by atoms with van der Waals surface area (Å²) in [6.45, 7) is 5.01. The van der Waals surface area contributed by atoms with E-state index in [0.29, 0.717) is 25.3 Å². The van der Waals surface area contributed by atoms with E-state index in [-0.39, 0.29) is 6.03 Å². The number of hydrogen-bond acceptors (Lipinski definition) is 4. The predicted octanol–water partition coefficient (Wildman–Crippen LogP) is 6.09. The van der Waals surface area contributed by atoms with Gasteiger partial charge in [-0.05, 0) is 63.2 Å². The van der Waals surface area contributed by atoms with Crippen LogP contribution in [0.25, 0.3) is 0 Å². The summed E-state index contributed by atoms with van der Waals surface area (Å²) < 4.78 is 5.55. The summed E-state index contributed by atoms with van der Waals surface area (Å²) in [7, 11) is 1.77. The molecule has 160 valence electrons. The van der Waals surface area contributed by atoms with Crippen LogP contribution in [0.4, 0.5) is 9.93 Å². The van der Waals surface area contributed by atoms with E-state index in [4.69, 9.17) is 9.72 Å². The molecule has 0 spiro atoms. The Labute approximate surface area is 179 Å². The molecule has 0 bridgehead atoms. The molecule has 1 aromatic rings. The van der Waals surface area contributed by atoms with Gasteiger partial charge in [-0.3, -0.25) is 0 Å². The van der Waals surface area contributed by atoms with Gasteiger partial charge >= 0.3 is 6.03 Å². The van der Waals surface area contributed by atoms with Gasteiger partial charge in [-0.2, -0.15) is 0 Å². The number of carbonyl (C=O) groups is 1. The van der Waals surface area contributed by atoms with Crippen LogP contribution in [0.3, 0.4) is 0 Å². The first-order chi connectivity index (χ1) is 14.1. The molecule has 0 N–H and O–H groups in total. The van der Waals surface area contributed by atoms with Gasteiger partial charge in [0.1, 0.15) is 13.5 Å². The second-order valence-corrected chi connectivity index (χ2v) is 9.10. The monoisotopic (exact) mass is 417 g/mol. The second kappa shape index (κ2) is 10.9. The van der Waals surface area contributed by atoms with Crippen LogP contribution in [-0.4, -0.2) is 36.4 Å². The highest BCUT2D eigenvalue weighted by Gasteiger charge is 2.33. The van der Waals surface area contributed by atoms with Crippen LogP contribution in [-0.2, 0) is 11.2 Å². The van der Waals surface area contributed by atoms with Gasteiger partial charge in [-0.1, -0.05) is 38.2 Å². The van der Waals surface area contributed by atoms with Crippen LogP contribution in [0.5, 0.6) is 0 Å². The molecule has 1 saturated heterocycles. The van der Waals surface area contributed by atoms with Crippen molar-refractivity contribution in [3.8, 4) is 0 Å². The van der Waals surface area contributed by atoms with Crippen LogP contribution in [0, 0.1) is 5.92 Å². The number of hydrogen-bond donors (Lipinski definition) is 0. The lowest BCUT2D eigenvalue weighted by Gasteiger charge is -2.31. The summed E-state index contributed by atoms with van der Waals surface area (Å²) in [5.41, 5.74) is 1.21. The molecule has 2 unspecified atom stereocenters. The Morgan fingerprint density at radius 2 is 1.83 bits per heavy atom. The topological polar surface area (TPSA) is 45.7 Å². The summed E-state index contributed by atoms with van der Waals surface area (Å²) >= 11 is 1.70. The first-order valence-electron chi connectivity index (χ1n) is 11.0. The fourth-order valence-corrected chi connectivity index (χ4v) is 5.41. The van der Waals surface area contributed by atoms with E-state index in [1.165, 1.54) is 23.4 Å². The van der Waals surface area contributed by atoms with E-state index in [0.717, 1.165) is 43.7 Å². The Kier molecular flexibility index (Phi) is 8.30. The standard InChI is InChI=1S/C23H35N3O2S/c1-4-6-8-10-12-18-14-19(13-11-9-7-5-2)21-20(15-18)24-22(29-21)26-17-28-16-25(3)23(26)27/h6-9,18-19H,4-5,10-17H2,1-3H3/b8-6+,9-7+. The fourth-order valence-electron chi connectivity index (χ4n) is 4.19. The smallest absolute Gasteiger partial charge is 0.329 e. The average molecular weight is 418 g/mol. The van der Waals surface area contributed by atoms with Crippen molar-refractivity contribution in [3.05, 3.63) is 34.9 Å². The molecule has 1 aromatic heterocycles. The third-order valence-electron chi connectivity index (χ3n) is 5.71. The van der Waals surface area contributed by atoms with Crippen molar-refractivity contribution >= 4 is 22.5 Å². The van der Waals surface area contributed by atoms with Crippen LogP contribution in [0.1, 0.15) is 75.3 Å². The van der Waals surface area contributed by atoms with Crippen molar-refractivity contribution in [1.29, 1.82) is 0 Å². The zero-order valence-corrected chi connectivity index (χ0v) is 18.9. The lowest BCUT2D eigenvalue weighted by Crippen LogP contribution is -2.48. The summed E-state index contributed by atoms with van der Waals surface area (Å²) in [4.78, 5) is 22.2. The molecule has 29 heavy (non-hydrogen) atoms. The highest BCUT2D eigenvalue weighted by Crippen LogP contribution is 2.44.